The number of aryl methyl sites for hydroxylation is 2. The highest BCUT2D eigenvalue weighted by Crippen LogP contribution is 2.16. The highest BCUT2D eigenvalue weighted by molar-refractivity contribution is 14.0. The number of nitrogens with zero attached hydrogens (tertiary/aromatic N) is 2. The summed E-state index contributed by atoms with van der Waals surface area (Å²) in [5.74, 6) is -0.468. The van der Waals surface area contributed by atoms with Crippen molar-refractivity contribution >= 4 is 41.3 Å². The average Bonchev–Trinajstić information content (AvgIpc) is 2.79. The fourth-order valence-electron chi connectivity index (χ4n) is 2.20. The van der Waals surface area contributed by atoms with Crippen LogP contribution in [0.3, 0.4) is 0 Å². The lowest BCUT2D eigenvalue weighted by Crippen LogP contribution is -2.37. The van der Waals surface area contributed by atoms with Crippen molar-refractivity contribution in [3.8, 4) is 0 Å². The van der Waals surface area contributed by atoms with Gasteiger partial charge in [-0.15, -0.1) is 35.3 Å². The van der Waals surface area contributed by atoms with Crippen LogP contribution in [-0.4, -0.2) is 24.5 Å². The molecule has 1 aromatic carbocycles. The first-order valence-electron chi connectivity index (χ1n) is 7.30. The molecule has 0 saturated carbocycles. The second-order valence-corrected chi connectivity index (χ2v) is 6.41. The minimum Gasteiger partial charge on any atom is -0.356 e. The Morgan fingerprint density at radius 2 is 1.83 bits per heavy atom. The van der Waals surface area contributed by atoms with E-state index >= 15 is 0 Å². The fraction of sp³-hybridized carbons (Fsp3) is 0.375. The minimum absolute atomic E-state index is 0. The fourth-order valence-corrected chi connectivity index (χ4v) is 3.08. The van der Waals surface area contributed by atoms with Crippen LogP contribution in [-0.2, 0) is 13.0 Å². The van der Waals surface area contributed by atoms with E-state index in [-0.39, 0.29) is 24.0 Å². The first kappa shape index (κ1) is 20.8. The largest absolute Gasteiger partial charge is 0.356 e. The van der Waals surface area contributed by atoms with Crippen LogP contribution in [0.25, 0.3) is 0 Å². The zero-order valence-electron chi connectivity index (χ0n) is 13.8. The first-order valence-corrected chi connectivity index (χ1v) is 8.12. The Morgan fingerprint density at radius 1 is 1.17 bits per heavy atom. The van der Waals surface area contributed by atoms with Crippen LogP contribution in [0.5, 0.6) is 0 Å². The number of hydrogen-bond acceptors (Lipinski definition) is 3. The van der Waals surface area contributed by atoms with Crippen molar-refractivity contribution in [3.05, 3.63) is 51.0 Å². The summed E-state index contributed by atoms with van der Waals surface area (Å²) in [7, 11) is 1.68. The third-order valence-electron chi connectivity index (χ3n) is 3.27. The lowest BCUT2D eigenvalue weighted by Gasteiger charge is -2.11. The summed E-state index contributed by atoms with van der Waals surface area (Å²) in [4.78, 5) is 9.68. The van der Waals surface area contributed by atoms with E-state index in [1.54, 1.807) is 18.4 Å². The molecule has 2 aromatic rings. The van der Waals surface area contributed by atoms with E-state index in [0.29, 0.717) is 31.0 Å². The van der Waals surface area contributed by atoms with E-state index in [1.807, 2.05) is 13.8 Å². The predicted octanol–water partition coefficient (Wildman–Crippen LogP) is 3.56. The maximum absolute atomic E-state index is 13.1. The maximum atomic E-state index is 13.1. The molecule has 0 spiro atoms. The van der Waals surface area contributed by atoms with Crippen LogP contribution in [0.15, 0.2) is 23.2 Å². The van der Waals surface area contributed by atoms with Crippen LogP contribution >= 0.6 is 35.3 Å². The first-order chi connectivity index (χ1) is 11.0. The van der Waals surface area contributed by atoms with Crippen LogP contribution in [0.1, 0.15) is 21.1 Å². The van der Waals surface area contributed by atoms with E-state index < -0.39 is 11.6 Å². The van der Waals surface area contributed by atoms with E-state index in [1.165, 1.54) is 12.1 Å². The molecular formula is C16H21F2IN4S. The second kappa shape index (κ2) is 9.87. The SMILES string of the molecule is CN=C(NCCc1cc(F)cc(F)c1)NCc1sc(C)nc1C.I. The highest BCUT2D eigenvalue weighted by atomic mass is 127. The van der Waals surface area contributed by atoms with Crippen LogP contribution in [0, 0.1) is 25.5 Å². The van der Waals surface area contributed by atoms with Gasteiger partial charge in [0, 0.05) is 24.5 Å². The molecule has 1 aromatic heterocycles. The normalized spacial score (nSPS) is 11.1. The van der Waals surface area contributed by atoms with Gasteiger partial charge in [-0.2, -0.15) is 0 Å². The number of rotatable bonds is 5. The summed E-state index contributed by atoms with van der Waals surface area (Å²) in [6.45, 7) is 5.14. The van der Waals surface area contributed by atoms with Crippen molar-refractivity contribution in [2.45, 2.75) is 26.8 Å². The van der Waals surface area contributed by atoms with Gasteiger partial charge in [0.05, 0.1) is 17.2 Å². The van der Waals surface area contributed by atoms with Gasteiger partial charge in [0.15, 0.2) is 5.96 Å². The summed E-state index contributed by atoms with van der Waals surface area (Å²) >= 11 is 1.65. The Bertz CT molecular complexity index is 683. The lowest BCUT2D eigenvalue weighted by molar-refractivity contribution is 0.579. The van der Waals surface area contributed by atoms with Crippen molar-refractivity contribution < 1.29 is 8.78 Å². The van der Waals surface area contributed by atoms with Gasteiger partial charge in [0.25, 0.3) is 0 Å². The summed E-state index contributed by atoms with van der Waals surface area (Å²) in [6, 6.07) is 3.55. The van der Waals surface area contributed by atoms with Gasteiger partial charge in [0.2, 0.25) is 0 Å². The summed E-state index contributed by atoms with van der Waals surface area (Å²) in [5.41, 5.74) is 1.63. The maximum Gasteiger partial charge on any atom is 0.191 e. The molecule has 0 aliphatic carbocycles. The van der Waals surface area contributed by atoms with Gasteiger partial charge in [-0.05, 0) is 38.0 Å². The Balaban J connectivity index is 0.00000288. The lowest BCUT2D eigenvalue weighted by atomic mass is 10.1. The molecule has 0 fully saturated rings. The molecule has 0 aliphatic rings. The summed E-state index contributed by atoms with van der Waals surface area (Å²) in [5, 5.41) is 7.38. The third kappa shape index (κ3) is 6.31. The van der Waals surface area contributed by atoms with Crippen LogP contribution in [0.4, 0.5) is 8.78 Å². The number of benzene rings is 1. The summed E-state index contributed by atoms with van der Waals surface area (Å²) in [6.07, 6.45) is 0.508. The molecule has 0 bridgehead atoms. The minimum atomic E-state index is -0.557. The summed E-state index contributed by atoms with van der Waals surface area (Å²) < 4.78 is 26.3. The van der Waals surface area contributed by atoms with Crippen LogP contribution in [0.2, 0.25) is 0 Å². The van der Waals surface area contributed by atoms with Gasteiger partial charge < -0.3 is 10.6 Å². The van der Waals surface area contributed by atoms with E-state index in [9.17, 15) is 8.78 Å². The average molecular weight is 466 g/mol. The number of aliphatic imine (C=N–C) groups is 1. The van der Waals surface area contributed by atoms with Crippen LogP contribution < -0.4 is 10.6 Å². The molecule has 0 aliphatic heterocycles. The van der Waals surface area contributed by atoms with Gasteiger partial charge in [-0.1, -0.05) is 0 Å². The van der Waals surface area contributed by atoms with Crippen molar-refractivity contribution in [3.63, 3.8) is 0 Å². The van der Waals surface area contributed by atoms with Gasteiger partial charge in [-0.3, -0.25) is 4.99 Å². The van der Waals surface area contributed by atoms with Gasteiger partial charge in [0.1, 0.15) is 11.6 Å². The van der Waals surface area contributed by atoms with Crippen molar-refractivity contribution in [1.82, 2.24) is 15.6 Å². The molecule has 0 amide bonds. The second-order valence-electron chi connectivity index (χ2n) is 5.12. The van der Waals surface area contributed by atoms with Crippen molar-refractivity contribution in [2.24, 2.45) is 4.99 Å². The zero-order valence-corrected chi connectivity index (χ0v) is 17.0. The molecule has 0 radical (unpaired) electrons. The van der Waals surface area contributed by atoms with Crippen molar-refractivity contribution in [2.75, 3.05) is 13.6 Å². The zero-order chi connectivity index (χ0) is 16.8. The molecule has 24 heavy (non-hydrogen) atoms. The molecule has 0 atom stereocenters. The standard InChI is InChI=1S/C16H20F2N4S.HI/c1-10-15(23-11(2)22-10)9-21-16(19-3)20-5-4-12-6-13(17)8-14(18)7-12;/h6-8H,4-5,9H2,1-3H3,(H2,19,20,21);1H. The Hall–Kier alpha value is -1.29. The molecule has 2 rings (SSSR count). The van der Waals surface area contributed by atoms with Gasteiger partial charge in [-0.25, -0.2) is 13.8 Å². The molecule has 4 nitrogen and oxygen atoms in total. The topological polar surface area (TPSA) is 49.3 Å². The highest BCUT2D eigenvalue weighted by Gasteiger charge is 2.06. The molecule has 2 N–H and O–H groups in total. The number of aromatic nitrogens is 1. The van der Waals surface area contributed by atoms with E-state index in [2.05, 4.69) is 20.6 Å². The predicted molar refractivity (Wildman–Crippen MR) is 105 cm³/mol. The van der Waals surface area contributed by atoms with Crippen molar-refractivity contribution in [1.29, 1.82) is 0 Å². The van der Waals surface area contributed by atoms with E-state index in [0.717, 1.165) is 21.6 Å². The number of guanidine groups is 1. The smallest absolute Gasteiger partial charge is 0.191 e. The molecule has 0 unspecified atom stereocenters. The molecular weight excluding hydrogens is 445 g/mol. The molecule has 1 heterocycles. The Labute approximate surface area is 161 Å². The monoisotopic (exact) mass is 466 g/mol. The Morgan fingerprint density at radius 3 is 2.38 bits per heavy atom. The number of halogens is 3. The molecule has 132 valence electrons. The van der Waals surface area contributed by atoms with Gasteiger partial charge >= 0.3 is 0 Å². The molecule has 0 saturated heterocycles. The molecule has 8 heteroatoms. The number of thiazole rings is 1. The Kier molecular flexibility index (Phi) is 8.54. The number of nitrogens with one attached hydrogen (secondary N) is 2. The quantitative estimate of drug-likeness (QED) is 0.403. The number of hydrogen-bond donors (Lipinski definition) is 2. The third-order valence-corrected chi connectivity index (χ3v) is 4.34. The van der Waals surface area contributed by atoms with E-state index in [4.69, 9.17) is 0 Å².